The van der Waals surface area contributed by atoms with Gasteiger partial charge in [-0.25, -0.2) is 4.79 Å². The Morgan fingerprint density at radius 2 is 1.42 bits per heavy atom. The fourth-order valence-electron chi connectivity index (χ4n) is 2.52. The van der Waals surface area contributed by atoms with Gasteiger partial charge in [0.1, 0.15) is 19.0 Å². The molecule has 0 unspecified atom stereocenters. The summed E-state index contributed by atoms with van der Waals surface area (Å²) >= 11 is 0. The van der Waals surface area contributed by atoms with Gasteiger partial charge in [0.05, 0.1) is 0 Å². The second-order valence-electron chi connectivity index (χ2n) is 5.62. The molecule has 26 heavy (non-hydrogen) atoms. The number of benzene rings is 3. The molecule has 0 aliphatic carbocycles. The van der Waals surface area contributed by atoms with E-state index in [2.05, 4.69) is 0 Å². The van der Waals surface area contributed by atoms with Crippen molar-refractivity contribution < 1.29 is 14.3 Å². The lowest BCUT2D eigenvalue weighted by atomic mass is 10.1. The van der Waals surface area contributed by atoms with Gasteiger partial charge in [-0.2, -0.15) is 0 Å². The Hall–Kier alpha value is -3.33. The van der Waals surface area contributed by atoms with E-state index >= 15 is 0 Å². The Bertz CT molecular complexity index is 855. The Labute approximate surface area is 153 Å². The standard InChI is InChI=1S/C23H20O3/c24-23(16-15-19-9-3-1-4-10-19)26-18-17-25-22-14-8-7-13-21(22)20-11-5-2-6-12-20/h1-16H,17-18H2. The van der Waals surface area contributed by atoms with E-state index in [1.807, 2.05) is 84.9 Å². The molecule has 0 saturated carbocycles. The number of esters is 1. The molecule has 130 valence electrons. The predicted molar refractivity (Wildman–Crippen MR) is 104 cm³/mol. The molecule has 0 spiro atoms. The Morgan fingerprint density at radius 3 is 2.19 bits per heavy atom. The lowest BCUT2D eigenvalue weighted by Crippen LogP contribution is -2.10. The van der Waals surface area contributed by atoms with Gasteiger partial charge in [-0.1, -0.05) is 78.9 Å². The SMILES string of the molecule is O=C(C=Cc1ccccc1)OCCOc1ccccc1-c1ccccc1. The fourth-order valence-corrected chi connectivity index (χ4v) is 2.52. The zero-order valence-corrected chi connectivity index (χ0v) is 14.4. The van der Waals surface area contributed by atoms with Crippen LogP contribution in [-0.2, 0) is 9.53 Å². The van der Waals surface area contributed by atoms with Crippen molar-refractivity contribution in [3.05, 3.63) is 96.6 Å². The molecule has 0 aliphatic heterocycles. The minimum absolute atomic E-state index is 0.196. The van der Waals surface area contributed by atoms with Crippen LogP contribution < -0.4 is 4.74 Å². The van der Waals surface area contributed by atoms with Crippen molar-refractivity contribution in [2.45, 2.75) is 0 Å². The molecule has 3 heteroatoms. The average molecular weight is 344 g/mol. The highest BCUT2D eigenvalue weighted by Crippen LogP contribution is 2.29. The molecule has 0 aromatic heterocycles. The van der Waals surface area contributed by atoms with Gasteiger partial charge in [0.2, 0.25) is 0 Å². The average Bonchev–Trinajstić information content (AvgIpc) is 2.71. The summed E-state index contributed by atoms with van der Waals surface area (Å²) in [5.41, 5.74) is 3.06. The van der Waals surface area contributed by atoms with Gasteiger partial charge in [-0.05, 0) is 23.3 Å². The number of rotatable bonds is 7. The van der Waals surface area contributed by atoms with Crippen LogP contribution in [0.15, 0.2) is 91.0 Å². The summed E-state index contributed by atoms with van der Waals surface area (Å²) in [4.78, 5) is 11.8. The number of para-hydroxylation sites is 1. The topological polar surface area (TPSA) is 35.5 Å². The van der Waals surface area contributed by atoms with Crippen molar-refractivity contribution in [3.8, 4) is 16.9 Å². The third-order valence-electron chi connectivity index (χ3n) is 3.77. The van der Waals surface area contributed by atoms with Crippen LogP contribution in [0.3, 0.4) is 0 Å². The molecule has 0 aliphatic rings. The molecule has 0 amide bonds. The summed E-state index contributed by atoms with van der Waals surface area (Å²) in [6.45, 7) is 0.496. The zero-order valence-electron chi connectivity index (χ0n) is 14.4. The highest BCUT2D eigenvalue weighted by Gasteiger charge is 2.05. The molecule has 3 aromatic rings. The van der Waals surface area contributed by atoms with Crippen LogP contribution in [-0.4, -0.2) is 19.2 Å². The summed E-state index contributed by atoms with van der Waals surface area (Å²) in [7, 11) is 0. The Morgan fingerprint density at radius 1 is 0.769 bits per heavy atom. The van der Waals surface area contributed by atoms with E-state index in [0.717, 1.165) is 22.4 Å². The monoisotopic (exact) mass is 344 g/mol. The van der Waals surface area contributed by atoms with Crippen LogP contribution in [0.25, 0.3) is 17.2 Å². The quantitative estimate of drug-likeness (QED) is 0.344. The maximum absolute atomic E-state index is 11.8. The van der Waals surface area contributed by atoms with Crippen molar-refractivity contribution >= 4 is 12.0 Å². The van der Waals surface area contributed by atoms with E-state index in [4.69, 9.17) is 9.47 Å². The van der Waals surface area contributed by atoms with Crippen LogP contribution in [0.1, 0.15) is 5.56 Å². The third-order valence-corrected chi connectivity index (χ3v) is 3.77. The third kappa shape index (κ3) is 5.08. The minimum Gasteiger partial charge on any atom is -0.489 e. The van der Waals surface area contributed by atoms with Gasteiger partial charge in [-0.15, -0.1) is 0 Å². The van der Waals surface area contributed by atoms with Crippen LogP contribution in [0, 0.1) is 0 Å². The molecule has 0 N–H and O–H groups in total. The fraction of sp³-hybridized carbons (Fsp3) is 0.0870. The first-order valence-corrected chi connectivity index (χ1v) is 8.50. The van der Waals surface area contributed by atoms with Gasteiger partial charge in [-0.3, -0.25) is 0 Å². The van der Waals surface area contributed by atoms with E-state index in [0.29, 0.717) is 6.61 Å². The largest absolute Gasteiger partial charge is 0.489 e. The summed E-state index contributed by atoms with van der Waals surface area (Å²) in [6.07, 6.45) is 3.15. The van der Waals surface area contributed by atoms with E-state index in [1.165, 1.54) is 6.08 Å². The molecular weight excluding hydrogens is 324 g/mol. The molecule has 3 nitrogen and oxygen atoms in total. The first-order valence-electron chi connectivity index (χ1n) is 8.50. The number of hydrogen-bond donors (Lipinski definition) is 0. The highest BCUT2D eigenvalue weighted by molar-refractivity contribution is 5.87. The minimum atomic E-state index is -0.381. The van der Waals surface area contributed by atoms with Crippen molar-refractivity contribution in [2.75, 3.05) is 13.2 Å². The van der Waals surface area contributed by atoms with Crippen LogP contribution in [0.5, 0.6) is 5.75 Å². The van der Waals surface area contributed by atoms with E-state index < -0.39 is 0 Å². The predicted octanol–water partition coefficient (Wildman–Crippen LogP) is 4.99. The first-order chi connectivity index (χ1) is 12.8. The van der Waals surface area contributed by atoms with Crippen LogP contribution >= 0.6 is 0 Å². The van der Waals surface area contributed by atoms with Crippen molar-refractivity contribution in [2.24, 2.45) is 0 Å². The summed E-state index contributed by atoms with van der Waals surface area (Å²) in [6, 6.07) is 27.5. The van der Waals surface area contributed by atoms with Gasteiger partial charge in [0.25, 0.3) is 0 Å². The Balaban J connectivity index is 1.50. The van der Waals surface area contributed by atoms with Crippen LogP contribution in [0.2, 0.25) is 0 Å². The number of hydrogen-bond acceptors (Lipinski definition) is 3. The zero-order chi connectivity index (χ0) is 18.0. The molecule has 0 fully saturated rings. The highest BCUT2D eigenvalue weighted by atomic mass is 16.6. The molecule has 0 radical (unpaired) electrons. The molecular formula is C23H20O3. The molecule has 3 rings (SSSR count). The van der Waals surface area contributed by atoms with Gasteiger partial charge < -0.3 is 9.47 Å². The second kappa shape index (κ2) is 9.23. The Kier molecular flexibility index (Phi) is 6.21. The molecule has 0 atom stereocenters. The molecule has 0 heterocycles. The maximum atomic E-state index is 11.8. The second-order valence-corrected chi connectivity index (χ2v) is 5.62. The normalized spacial score (nSPS) is 10.6. The van der Waals surface area contributed by atoms with Gasteiger partial charge >= 0.3 is 5.97 Å². The van der Waals surface area contributed by atoms with Gasteiger partial charge in [0.15, 0.2) is 0 Å². The van der Waals surface area contributed by atoms with Crippen LogP contribution in [0.4, 0.5) is 0 Å². The van der Waals surface area contributed by atoms with Crippen molar-refractivity contribution in [3.63, 3.8) is 0 Å². The van der Waals surface area contributed by atoms with E-state index in [-0.39, 0.29) is 12.6 Å². The number of carbonyl (C=O) groups excluding carboxylic acids is 1. The smallest absolute Gasteiger partial charge is 0.330 e. The summed E-state index contributed by atoms with van der Waals surface area (Å²) < 4.78 is 11.0. The number of ether oxygens (including phenoxy) is 2. The number of carbonyl (C=O) groups is 1. The van der Waals surface area contributed by atoms with E-state index in [1.54, 1.807) is 6.08 Å². The van der Waals surface area contributed by atoms with E-state index in [9.17, 15) is 4.79 Å². The molecule has 3 aromatic carbocycles. The maximum Gasteiger partial charge on any atom is 0.330 e. The lowest BCUT2D eigenvalue weighted by Gasteiger charge is -2.11. The molecule has 0 bridgehead atoms. The van der Waals surface area contributed by atoms with Crippen molar-refractivity contribution in [1.29, 1.82) is 0 Å². The summed E-state index contributed by atoms with van der Waals surface area (Å²) in [5.74, 6) is 0.392. The first kappa shape index (κ1) is 17.5. The van der Waals surface area contributed by atoms with Gasteiger partial charge in [0, 0.05) is 11.6 Å². The summed E-state index contributed by atoms with van der Waals surface area (Å²) in [5, 5.41) is 0. The lowest BCUT2D eigenvalue weighted by molar-refractivity contribution is -0.138. The molecule has 0 saturated heterocycles. The van der Waals surface area contributed by atoms with Crippen molar-refractivity contribution in [1.82, 2.24) is 0 Å².